The Morgan fingerprint density at radius 3 is 2.33 bits per heavy atom. The molecule has 1 amide bonds. The molecule has 0 aliphatic carbocycles. The molecule has 0 saturated carbocycles. The molecule has 0 aliphatic heterocycles. The SMILES string of the molecule is COc1cc(Br)c(OCC(=O)NN=Cc2cc(Br)c(O)c(Br)c2O)c(Br)c1. The third kappa shape index (κ3) is 5.59. The van der Waals surface area contributed by atoms with Crippen LogP contribution in [-0.4, -0.2) is 36.1 Å². The van der Waals surface area contributed by atoms with Crippen LogP contribution < -0.4 is 14.9 Å². The Morgan fingerprint density at radius 2 is 1.74 bits per heavy atom. The molecule has 0 spiro atoms. The molecule has 0 atom stereocenters. The number of amides is 1. The topological polar surface area (TPSA) is 100 Å². The first-order valence-electron chi connectivity index (χ1n) is 7.12. The summed E-state index contributed by atoms with van der Waals surface area (Å²) in [5, 5.41) is 23.4. The molecule has 0 bridgehead atoms. The summed E-state index contributed by atoms with van der Waals surface area (Å²) >= 11 is 12.9. The van der Waals surface area contributed by atoms with Gasteiger partial charge in [-0.05, 0) is 81.9 Å². The van der Waals surface area contributed by atoms with Gasteiger partial charge in [-0.1, -0.05) is 0 Å². The van der Waals surface area contributed by atoms with Gasteiger partial charge in [0, 0.05) is 5.56 Å². The van der Waals surface area contributed by atoms with E-state index in [1.807, 2.05) is 0 Å². The number of carbonyl (C=O) groups is 1. The van der Waals surface area contributed by atoms with E-state index in [2.05, 4.69) is 74.2 Å². The molecule has 2 rings (SSSR count). The molecule has 0 unspecified atom stereocenters. The van der Waals surface area contributed by atoms with Crippen LogP contribution >= 0.6 is 63.7 Å². The van der Waals surface area contributed by atoms with Crippen molar-refractivity contribution < 1.29 is 24.5 Å². The lowest BCUT2D eigenvalue weighted by atomic mass is 10.2. The lowest BCUT2D eigenvalue weighted by Gasteiger charge is -2.11. The summed E-state index contributed by atoms with van der Waals surface area (Å²) in [6.07, 6.45) is 1.24. The quantitative estimate of drug-likeness (QED) is 0.318. The number of hydrogen-bond acceptors (Lipinski definition) is 6. The fourth-order valence-corrected chi connectivity index (χ4v) is 4.38. The van der Waals surface area contributed by atoms with Gasteiger partial charge in [0.15, 0.2) is 6.61 Å². The molecule has 144 valence electrons. The Kier molecular flexibility index (Phi) is 7.95. The molecular formula is C16H12Br4N2O5. The van der Waals surface area contributed by atoms with E-state index < -0.39 is 5.91 Å². The third-order valence-electron chi connectivity index (χ3n) is 3.15. The standard InChI is InChI=1S/C16H12Br4N2O5/c1-26-8-3-10(18)16(11(19)4-8)27-6-12(23)22-21-5-7-2-9(17)15(25)13(20)14(7)24/h2-5,24-25H,6H2,1H3,(H,22,23). The fraction of sp³-hybridized carbons (Fsp3) is 0.125. The monoisotopic (exact) mass is 628 g/mol. The zero-order valence-corrected chi connectivity index (χ0v) is 19.9. The number of nitrogens with zero attached hydrogens (tertiary/aromatic N) is 1. The van der Waals surface area contributed by atoms with Gasteiger partial charge in [-0.2, -0.15) is 5.10 Å². The summed E-state index contributed by atoms with van der Waals surface area (Å²) in [6, 6.07) is 4.87. The van der Waals surface area contributed by atoms with Crippen LogP contribution in [0.3, 0.4) is 0 Å². The Balaban J connectivity index is 1.99. The molecule has 0 fully saturated rings. The first-order chi connectivity index (χ1) is 12.7. The minimum absolute atomic E-state index is 0.113. The molecule has 2 aromatic rings. The number of hydrazone groups is 1. The number of rotatable bonds is 6. The molecular weight excluding hydrogens is 620 g/mol. The highest BCUT2D eigenvalue weighted by atomic mass is 79.9. The molecule has 0 aromatic heterocycles. The maximum Gasteiger partial charge on any atom is 0.277 e. The van der Waals surface area contributed by atoms with E-state index >= 15 is 0 Å². The normalized spacial score (nSPS) is 10.9. The Labute approximate surface area is 188 Å². The third-order valence-corrected chi connectivity index (χ3v) is 5.68. The van der Waals surface area contributed by atoms with E-state index in [0.717, 1.165) is 0 Å². The van der Waals surface area contributed by atoms with Crippen molar-refractivity contribution in [2.24, 2.45) is 5.10 Å². The van der Waals surface area contributed by atoms with Crippen molar-refractivity contribution in [1.82, 2.24) is 5.43 Å². The van der Waals surface area contributed by atoms with E-state index in [9.17, 15) is 15.0 Å². The summed E-state index contributed by atoms with van der Waals surface area (Å²) in [4.78, 5) is 11.9. The smallest absolute Gasteiger partial charge is 0.277 e. The van der Waals surface area contributed by atoms with Crippen LogP contribution in [0.5, 0.6) is 23.0 Å². The van der Waals surface area contributed by atoms with Crippen molar-refractivity contribution in [3.63, 3.8) is 0 Å². The Hall–Kier alpha value is -1.30. The average molecular weight is 632 g/mol. The average Bonchev–Trinajstić information content (AvgIpc) is 2.63. The molecule has 11 heteroatoms. The van der Waals surface area contributed by atoms with Crippen LogP contribution in [-0.2, 0) is 4.79 Å². The lowest BCUT2D eigenvalue weighted by Crippen LogP contribution is -2.24. The van der Waals surface area contributed by atoms with Gasteiger partial charge in [0.1, 0.15) is 27.5 Å². The Bertz CT molecular complexity index is 882. The van der Waals surface area contributed by atoms with Crippen molar-refractivity contribution in [1.29, 1.82) is 0 Å². The number of aromatic hydroxyl groups is 2. The molecule has 0 saturated heterocycles. The first-order valence-corrected chi connectivity index (χ1v) is 10.3. The number of hydrogen-bond donors (Lipinski definition) is 3. The lowest BCUT2D eigenvalue weighted by molar-refractivity contribution is -0.123. The van der Waals surface area contributed by atoms with Crippen LogP contribution in [0.25, 0.3) is 0 Å². The molecule has 0 radical (unpaired) electrons. The zero-order chi connectivity index (χ0) is 20.1. The van der Waals surface area contributed by atoms with Gasteiger partial charge < -0.3 is 19.7 Å². The molecule has 0 aliphatic rings. The number of halogens is 4. The number of ether oxygens (including phenoxy) is 2. The molecule has 27 heavy (non-hydrogen) atoms. The predicted molar refractivity (Wildman–Crippen MR) is 115 cm³/mol. The summed E-state index contributed by atoms with van der Waals surface area (Å²) in [6.45, 7) is -0.282. The maximum absolute atomic E-state index is 11.9. The van der Waals surface area contributed by atoms with Gasteiger partial charge in [-0.15, -0.1) is 0 Å². The van der Waals surface area contributed by atoms with E-state index in [1.54, 1.807) is 19.2 Å². The number of phenolic OH excluding ortho intramolecular Hbond substituents is 2. The number of methoxy groups -OCH3 is 1. The van der Waals surface area contributed by atoms with E-state index in [0.29, 0.717) is 24.9 Å². The number of phenols is 2. The van der Waals surface area contributed by atoms with Crippen LogP contribution in [0.4, 0.5) is 0 Å². The molecule has 3 N–H and O–H groups in total. The summed E-state index contributed by atoms with van der Waals surface area (Å²) < 4.78 is 12.3. The second kappa shape index (κ2) is 9.76. The number of carbonyl (C=O) groups excluding carboxylic acids is 1. The first kappa shape index (κ1) is 22.0. The number of benzene rings is 2. The highest BCUT2D eigenvalue weighted by Crippen LogP contribution is 2.40. The van der Waals surface area contributed by atoms with Crippen LogP contribution in [0.1, 0.15) is 5.56 Å². The largest absolute Gasteiger partial charge is 0.506 e. The Morgan fingerprint density at radius 1 is 1.11 bits per heavy atom. The molecule has 2 aromatic carbocycles. The minimum atomic E-state index is -0.503. The second-order valence-corrected chi connectivity index (χ2v) is 8.32. The summed E-state index contributed by atoms with van der Waals surface area (Å²) in [5.74, 6) is 0.214. The number of nitrogens with one attached hydrogen (secondary N) is 1. The highest BCUT2D eigenvalue weighted by Gasteiger charge is 2.13. The van der Waals surface area contributed by atoms with Crippen LogP contribution in [0.2, 0.25) is 0 Å². The van der Waals surface area contributed by atoms with Gasteiger partial charge in [0.2, 0.25) is 0 Å². The molecule has 7 nitrogen and oxygen atoms in total. The van der Waals surface area contributed by atoms with Crippen molar-refractivity contribution in [3.05, 3.63) is 41.7 Å². The highest BCUT2D eigenvalue weighted by molar-refractivity contribution is 9.11. The van der Waals surface area contributed by atoms with E-state index in [1.165, 1.54) is 12.3 Å². The van der Waals surface area contributed by atoms with Gasteiger partial charge in [-0.3, -0.25) is 4.79 Å². The summed E-state index contributed by atoms with van der Waals surface area (Å²) in [5.41, 5.74) is 2.58. The summed E-state index contributed by atoms with van der Waals surface area (Å²) in [7, 11) is 1.54. The van der Waals surface area contributed by atoms with Gasteiger partial charge in [0.25, 0.3) is 5.91 Å². The van der Waals surface area contributed by atoms with Crippen molar-refractivity contribution in [2.45, 2.75) is 0 Å². The zero-order valence-electron chi connectivity index (χ0n) is 13.6. The van der Waals surface area contributed by atoms with Crippen LogP contribution in [0.15, 0.2) is 41.2 Å². The molecule has 0 heterocycles. The maximum atomic E-state index is 11.9. The van der Waals surface area contributed by atoms with Gasteiger partial charge in [0.05, 0.1) is 26.7 Å². The van der Waals surface area contributed by atoms with Gasteiger partial charge >= 0.3 is 0 Å². The second-order valence-electron chi connectivity index (χ2n) is 4.96. The minimum Gasteiger partial charge on any atom is -0.506 e. The van der Waals surface area contributed by atoms with Gasteiger partial charge in [-0.25, -0.2) is 5.43 Å². The van der Waals surface area contributed by atoms with Crippen LogP contribution in [0, 0.1) is 0 Å². The van der Waals surface area contributed by atoms with Crippen molar-refractivity contribution in [2.75, 3.05) is 13.7 Å². The van der Waals surface area contributed by atoms with E-state index in [4.69, 9.17) is 9.47 Å². The van der Waals surface area contributed by atoms with E-state index in [-0.39, 0.29) is 28.1 Å². The predicted octanol–water partition coefficient (Wildman–Crippen LogP) is 4.69. The fourth-order valence-electron chi connectivity index (χ4n) is 1.85. The van der Waals surface area contributed by atoms with Crippen molar-refractivity contribution in [3.8, 4) is 23.0 Å². The van der Waals surface area contributed by atoms with Crippen molar-refractivity contribution >= 4 is 75.8 Å².